The van der Waals surface area contributed by atoms with Crippen LogP contribution in [0.2, 0.25) is 0 Å². The van der Waals surface area contributed by atoms with Gasteiger partial charge in [0.1, 0.15) is 17.8 Å². The van der Waals surface area contributed by atoms with Gasteiger partial charge in [-0.1, -0.05) is 34.1 Å². The standard InChI is InChI=1S/C19H32O6/c1-5-9-10-19(25-18(22)8-4)12-14(23-16(20)6-2)11-15(13-19)24-17(21)7-3/h14-15H,5-13H2,1-4H3. The van der Waals surface area contributed by atoms with E-state index in [1.54, 1.807) is 20.8 Å². The lowest BCUT2D eigenvalue weighted by atomic mass is 9.77. The minimum atomic E-state index is -0.737. The Labute approximate surface area is 150 Å². The molecule has 1 fully saturated rings. The second-order valence-corrected chi connectivity index (χ2v) is 6.69. The lowest BCUT2D eigenvalue weighted by Crippen LogP contribution is -2.49. The van der Waals surface area contributed by atoms with Crippen LogP contribution in [0.5, 0.6) is 0 Å². The van der Waals surface area contributed by atoms with Crippen LogP contribution in [-0.4, -0.2) is 35.7 Å². The Morgan fingerprint density at radius 3 is 1.72 bits per heavy atom. The van der Waals surface area contributed by atoms with Crippen molar-refractivity contribution < 1.29 is 28.6 Å². The lowest BCUT2D eigenvalue weighted by Gasteiger charge is -2.43. The second kappa shape index (κ2) is 10.4. The third-order valence-corrected chi connectivity index (χ3v) is 4.50. The van der Waals surface area contributed by atoms with Crippen molar-refractivity contribution in [1.82, 2.24) is 0 Å². The van der Waals surface area contributed by atoms with Crippen molar-refractivity contribution in [1.29, 1.82) is 0 Å². The maximum absolute atomic E-state index is 12.0. The van der Waals surface area contributed by atoms with Crippen LogP contribution >= 0.6 is 0 Å². The Bertz CT molecular complexity index is 433. The molecule has 6 heteroatoms. The fourth-order valence-electron chi connectivity index (χ4n) is 3.24. The van der Waals surface area contributed by atoms with E-state index in [9.17, 15) is 14.4 Å². The largest absolute Gasteiger partial charge is 0.462 e. The van der Waals surface area contributed by atoms with Gasteiger partial charge in [-0.2, -0.15) is 0 Å². The highest BCUT2D eigenvalue weighted by atomic mass is 16.6. The molecule has 0 aromatic carbocycles. The van der Waals surface area contributed by atoms with Gasteiger partial charge >= 0.3 is 17.9 Å². The van der Waals surface area contributed by atoms with Crippen LogP contribution in [-0.2, 0) is 28.6 Å². The molecular formula is C19H32O6. The molecule has 0 heterocycles. The van der Waals surface area contributed by atoms with Crippen LogP contribution in [0.4, 0.5) is 0 Å². The van der Waals surface area contributed by atoms with Gasteiger partial charge in [-0.15, -0.1) is 0 Å². The third-order valence-electron chi connectivity index (χ3n) is 4.50. The van der Waals surface area contributed by atoms with Gasteiger partial charge < -0.3 is 14.2 Å². The highest BCUT2D eigenvalue weighted by Crippen LogP contribution is 2.39. The second-order valence-electron chi connectivity index (χ2n) is 6.69. The zero-order chi connectivity index (χ0) is 18.9. The summed E-state index contributed by atoms with van der Waals surface area (Å²) >= 11 is 0. The summed E-state index contributed by atoms with van der Waals surface area (Å²) < 4.78 is 16.8. The molecule has 1 aliphatic rings. The van der Waals surface area contributed by atoms with E-state index in [2.05, 4.69) is 6.92 Å². The maximum Gasteiger partial charge on any atom is 0.306 e. The van der Waals surface area contributed by atoms with Crippen LogP contribution in [0.3, 0.4) is 0 Å². The van der Waals surface area contributed by atoms with E-state index >= 15 is 0 Å². The number of carbonyl (C=O) groups is 3. The molecule has 2 unspecified atom stereocenters. The molecule has 0 spiro atoms. The van der Waals surface area contributed by atoms with Gasteiger partial charge in [-0.25, -0.2) is 0 Å². The number of ether oxygens (including phenoxy) is 3. The number of carbonyl (C=O) groups excluding carboxylic acids is 3. The Hall–Kier alpha value is -1.59. The Morgan fingerprint density at radius 1 is 0.840 bits per heavy atom. The first-order valence-electron chi connectivity index (χ1n) is 9.48. The first kappa shape index (κ1) is 21.5. The van der Waals surface area contributed by atoms with Crippen molar-refractivity contribution in [3.8, 4) is 0 Å². The third kappa shape index (κ3) is 7.04. The highest BCUT2D eigenvalue weighted by Gasteiger charge is 2.45. The first-order chi connectivity index (χ1) is 11.9. The van der Waals surface area contributed by atoms with E-state index in [-0.39, 0.29) is 37.2 Å². The van der Waals surface area contributed by atoms with Crippen molar-refractivity contribution in [2.45, 2.75) is 103 Å². The lowest BCUT2D eigenvalue weighted by molar-refractivity contribution is -0.186. The van der Waals surface area contributed by atoms with Gasteiger partial charge in [0, 0.05) is 38.5 Å². The zero-order valence-electron chi connectivity index (χ0n) is 16.0. The maximum atomic E-state index is 12.0. The molecule has 144 valence electrons. The number of hydrogen-bond acceptors (Lipinski definition) is 6. The van der Waals surface area contributed by atoms with Crippen molar-refractivity contribution in [2.24, 2.45) is 0 Å². The van der Waals surface area contributed by atoms with Gasteiger partial charge in [0.25, 0.3) is 0 Å². The molecule has 25 heavy (non-hydrogen) atoms. The zero-order valence-corrected chi connectivity index (χ0v) is 16.0. The van der Waals surface area contributed by atoms with Crippen LogP contribution in [0.1, 0.15) is 85.5 Å². The molecule has 0 radical (unpaired) electrons. The molecule has 0 aromatic rings. The molecule has 1 saturated carbocycles. The number of rotatable bonds is 9. The minimum Gasteiger partial charge on any atom is -0.462 e. The first-order valence-corrected chi connectivity index (χ1v) is 9.48. The molecule has 0 aliphatic heterocycles. The monoisotopic (exact) mass is 356 g/mol. The van der Waals surface area contributed by atoms with E-state index in [1.807, 2.05) is 0 Å². The average molecular weight is 356 g/mol. The smallest absolute Gasteiger partial charge is 0.306 e. The van der Waals surface area contributed by atoms with Gasteiger partial charge in [-0.05, 0) is 12.8 Å². The van der Waals surface area contributed by atoms with Gasteiger partial charge in [0.2, 0.25) is 0 Å². The average Bonchev–Trinajstić information content (AvgIpc) is 2.59. The van der Waals surface area contributed by atoms with Crippen molar-refractivity contribution >= 4 is 17.9 Å². The molecular weight excluding hydrogens is 324 g/mol. The summed E-state index contributed by atoms with van der Waals surface area (Å²) in [5, 5.41) is 0. The van der Waals surface area contributed by atoms with Gasteiger partial charge in [-0.3, -0.25) is 14.4 Å². The van der Waals surface area contributed by atoms with E-state index in [0.717, 1.165) is 12.8 Å². The van der Waals surface area contributed by atoms with Crippen molar-refractivity contribution in [2.75, 3.05) is 0 Å². The number of hydrogen-bond donors (Lipinski definition) is 0. The number of esters is 3. The van der Waals surface area contributed by atoms with Crippen LogP contribution < -0.4 is 0 Å². The van der Waals surface area contributed by atoms with Crippen molar-refractivity contribution in [3.63, 3.8) is 0 Å². The highest BCUT2D eigenvalue weighted by molar-refractivity contribution is 5.70. The summed E-state index contributed by atoms with van der Waals surface area (Å²) in [6.45, 7) is 7.30. The Balaban J connectivity index is 3.00. The summed E-state index contributed by atoms with van der Waals surface area (Å²) in [7, 11) is 0. The SMILES string of the molecule is CCCCC1(OC(=O)CC)CC(OC(=O)CC)CC(OC(=O)CC)C1. The van der Waals surface area contributed by atoms with E-state index in [1.165, 1.54) is 0 Å². The Kier molecular flexibility index (Phi) is 8.93. The molecule has 2 atom stereocenters. The van der Waals surface area contributed by atoms with Crippen LogP contribution in [0, 0.1) is 0 Å². The predicted molar refractivity (Wildman–Crippen MR) is 92.8 cm³/mol. The number of unbranched alkanes of at least 4 members (excludes halogenated alkanes) is 1. The fourth-order valence-corrected chi connectivity index (χ4v) is 3.24. The molecule has 0 amide bonds. The Morgan fingerprint density at radius 2 is 1.32 bits per heavy atom. The molecule has 1 aliphatic carbocycles. The molecule has 6 nitrogen and oxygen atoms in total. The normalized spacial score (nSPS) is 25.9. The van der Waals surface area contributed by atoms with Crippen molar-refractivity contribution in [3.05, 3.63) is 0 Å². The summed E-state index contributed by atoms with van der Waals surface area (Å²) in [5.74, 6) is -0.864. The van der Waals surface area contributed by atoms with Gasteiger partial charge in [0.05, 0.1) is 0 Å². The molecule has 0 saturated heterocycles. The molecule has 0 aromatic heterocycles. The van der Waals surface area contributed by atoms with Crippen LogP contribution in [0.25, 0.3) is 0 Å². The summed E-state index contributed by atoms with van der Waals surface area (Å²) in [4.78, 5) is 35.4. The van der Waals surface area contributed by atoms with E-state index in [0.29, 0.717) is 25.7 Å². The fraction of sp³-hybridized carbons (Fsp3) is 0.842. The summed E-state index contributed by atoms with van der Waals surface area (Å²) in [6, 6.07) is 0. The minimum absolute atomic E-state index is 0.279. The quantitative estimate of drug-likeness (QED) is 0.463. The van der Waals surface area contributed by atoms with Gasteiger partial charge in [0.15, 0.2) is 0 Å². The van der Waals surface area contributed by atoms with E-state index in [4.69, 9.17) is 14.2 Å². The molecule has 0 N–H and O–H groups in total. The molecule has 1 rings (SSSR count). The molecule has 0 bridgehead atoms. The van der Waals surface area contributed by atoms with Crippen LogP contribution in [0.15, 0.2) is 0 Å². The summed E-state index contributed by atoms with van der Waals surface area (Å²) in [5.41, 5.74) is -0.737. The summed E-state index contributed by atoms with van der Waals surface area (Å²) in [6.07, 6.45) is 3.95. The predicted octanol–water partition coefficient (Wildman–Crippen LogP) is 3.70. The van der Waals surface area contributed by atoms with E-state index < -0.39 is 17.8 Å². The topological polar surface area (TPSA) is 78.9 Å².